The maximum atomic E-state index is 13.3. The molecule has 0 radical (unpaired) electrons. The van der Waals surface area contributed by atoms with Gasteiger partial charge >= 0.3 is 5.97 Å². The van der Waals surface area contributed by atoms with Gasteiger partial charge in [-0.25, -0.2) is 0 Å². The third-order valence-corrected chi connectivity index (χ3v) is 7.86. The molecule has 0 amide bonds. The third-order valence-electron chi connectivity index (χ3n) is 7.86. The van der Waals surface area contributed by atoms with E-state index in [9.17, 15) is 30.0 Å². The smallest absolute Gasteiger partial charge is 0.311 e. The summed E-state index contributed by atoms with van der Waals surface area (Å²) in [7, 11) is 0. The zero-order chi connectivity index (χ0) is 31.0. The van der Waals surface area contributed by atoms with Gasteiger partial charge in [0, 0.05) is 24.1 Å². The molecule has 8 heteroatoms. The van der Waals surface area contributed by atoms with Crippen molar-refractivity contribution in [3.05, 3.63) is 40.6 Å². The van der Waals surface area contributed by atoms with Crippen molar-refractivity contribution in [3.8, 4) is 40.1 Å². The third kappa shape index (κ3) is 10.8. The summed E-state index contributed by atoms with van der Waals surface area (Å²) in [4.78, 5) is 26.0. The molecular weight excluding hydrogens is 548 g/mol. The number of phenols is 4. The van der Waals surface area contributed by atoms with Gasteiger partial charge in [-0.2, -0.15) is 0 Å². The van der Waals surface area contributed by atoms with Crippen LogP contribution in [0.25, 0.3) is 22.3 Å². The average Bonchev–Trinajstić information content (AvgIpc) is 2.97. The second-order valence-electron chi connectivity index (χ2n) is 11.5. The minimum atomic E-state index is -0.794. The summed E-state index contributed by atoms with van der Waals surface area (Å²) >= 11 is 0. The lowest BCUT2D eigenvalue weighted by molar-refractivity contribution is -0.134. The summed E-state index contributed by atoms with van der Waals surface area (Å²) in [6.07, 6.45) is 21.1. The molecule has 0 bridgehead atoms. The summed E-state index contributed by atoms with van der Waals surface area (Å²) in [6, 6.07) is 5.90. The van der Waals surface area contributed by atoms with Crippen LogP contribution in [0, 0.1) is 0 Å². The Kier molecular flexibility index (Phi) is 14.2. The van der Waals surface area contributed by atoms with Gasteiger partial charge in [-0.3, -0.25) is 9.59 Å². The van der Waals surface area contributed by atoms with E-state index in [1.54, 1.807) is 0 Å². The highest BCUT2D eigenvalue weighted by Crippen LogP contribution is 2.38. The molecule has 0 fully saturated rings. The van der Waals surface area contributed by atoms with E-state index in [2.05, 4.69) is 6.92 Å². The number of rotatable bonds is 20. The molecule has 0 aliphatic rings. The highest BCUT2D eigenvalue weighted by atomic mass is 16.5. The van der Waals surface area contributed by atoms with Crippen molar-refractivity contribution in [1.29, 1.82) is 0 Å². The maximum absolute atomic E-state index is 13.3. The monoisotopic (exact) mass is 596 g/mol. The topological polar surface area (TPSA) is 137 Å². The number of carbonyl (C=O) groups is 1. The van der Waals surface area contributed by atoms with E-state index in [1.165, 1.54) is 95.6 Å². The molecule has 0 atom stereocenters. The molecule has 1 aromatic heterocycles. The van der Waals surface area contributed by atoms with Gasteiger partial charge in [0.1, 0.15) is 22.5 Å². The Balaban J connectivity index is 1.41. The fourth-order valence-electron chi connectivity index (χ4n) is 5.37. The maximum Gasteiger partial charge on any atom is 0.311 e. The van der Waals surface area contributed by atoms with Gasteiger partial charge in [0.2, 0.25) is 11.2 Å². The molecule has 0 saturated carbocycles. The first-order chi connectivity index (χ1) is 20.8. The van der Waals surface area contributed by atoms with Gasteiger partial charge in [-0.05, 0) is 24.6 Å². The van der Waals surface area contributed by atoms with Gasteiger partial charge < -0.3 is 29.6 Å². The van der Waals surface area contributed by atoms with Crippen molar-refractivity contribution in [2.24, 2.45) is 0 Å². The number of phenolic OH excluding ortho intramolecular Hbond substituents is 4. The molecule has 0 aliphatic heterocycles. The number of hydrogen-bond donors (Lipinski definition) is 4. The van der Waals surface area contributed by atoms with Crippen LogP contribution in [-0.4, -0.2) is 26.4 Å². The lowest BCUT2D eigenvalue weighted by Gasteiger charge is -2.12. The number of ether oxygens (including phenoxy) is 1. The first-order valence-corrected chi connectivity index (χ1v) is 16.1. The second-order valence-corrected chi connectivity index (χ2v) is 11.5. The normalized spacial score (nSPS) is 11.3. The first kappa shape index (κ1) is 33.8. The Morgan fingerprint density at radius 1 is 0.674 bits per heavy atom. The number of benzene rings is 2. The van der Waals surface area contributed by atoms with Gasteiger partial charge in [0.05, 0.1) is 0 Å². The minimum Gasteiger partial charge on any atom is -0.508 e. The number of fused-ring (bicyclic) bond motifs is 1. The Bertz CT molecular complexity index is 1360. The van der Waals surface area contributed by atoms with Crippen molar-refractivity contribution < 1.29 is 34.4 Å². The van der Waals surface area contributed by atoms with Crippen molar-refractivity contribution >= 4 is 16.9 Å². The van der Waals surface area contributed by atoms with Crippen LogP contribution >= 0.6 is 0 Å². The van der Waals surface area contributed by atoms with Crippen LogP contribution < -0.4 is 10.2 Å². The standard InChI is InChI=1S/C35H48O8/c1-2-3-4-5-6-7-8-9-10-11-12-13-14-15-16-17-18-19-31(40)43-35-33(41)32-29(39)23-26(36)24-30(32)42-34(35)25-20-21-27(37)28(38)22-25/h20-24,36-39H,2-19H2,1H3. The molecule has 2 aromatic carbocycles. The Morgan fingerprint density at radius 2 is 1.21 bits per heavy atom. The van der Waals surface area contributed by atoms with Gasteiger partial charge in [-0.15, -0.1) is 0 Å². The van der Waals surface area contributed by atoms with Crippen LogP contribution in [0.1, 0.15) is 122 Å². The Labute approximate surface area is 254 Å². The number of aromatic hydroxyl groups is 4. The molecule has 236 valence electrons. The molecule has 0 saturated heterocycles. The molecule has 43 heavy (non-hydrogen) atoms. The van der Waals surface area contributed by atoms with E-state index in [0.29, 0.717) is 6.42 Å². The zero-order valence-electron chi connectivity index (χ0n) is 25.5. The van der Waals surface area contributed by atoms with Crippen LogP contribution in [0.3, 0.4) is 0 Å². The molecule has 1 heterocycles. The predicted molar refractivity (Wildman–Crippen MR) is 169 cm³/mol. The van der Waals surface area contributed by atoms with Crippen molar-refractivity contribution in [3.63, 3.8) is 0 Å². The number of esters is 1. The molecule has 0 spiro atoms. The summed E-state index contributed by atoms with van der Waals surface area (Å²) in [5.74, 6) is -2.90. The summed E-state index contributed by atoms with van der Waals surface area (Å²) in [5, 5.41) is 39.5. The summed E-state index contributed by atoms with van der Waals surface area (Å²) < 4.78 is 11.2. The van der Waals surface area contributed by atoms with Crippen LogP contribution in [0.4, 0.5) is 0 Å². The van der Waals surface area contributed by atoms with Crippen LogP contribution in [0.5, 0.6) is 28.7 Å². The average molecular weight is 597 g/mol. The fourth-order valence-corrected chi connectivity index (χ4v) is 5.37. The molecule has 4 N–H and O–H groups in total. The van der Waals surface area contributed by atoms with Crippen LogP contribution in [-0.2, 0) is 4.79 Å². The molecule has 0 unspecified atom stereocenters. The number of hydrogen-bond acceptors (Lipinski definition) is 8. The molecule has 8 nitrogen and oxygen atoms in total. The molecule has 0 aliphatic carbocycles. The van der Waals surface area contributed by atoms with E-state index in [4.69, 9.17) is 9.15 Å². The first-order valence-electron chi connectivity index (χ1n) is 16.1. The largest absolute Gasteiger partial charge is 0.508 e. The highest BCUT2D eigenvalue weighted by molar-refractivity contribution is 5.89. The van der Waals surface area contributed by atoms with Crippen LogP contribution in [0.15, 0.2) is 39.5 Å². The zero-order valence-corrected chi connectivity index (χ0v) is 25.5. The molecule has 3 aromatic rings. The van der Waals surface area contributed by atoms with Crippen molar-refractivity contribution in [2.75, 3.05) is 0 Å². The predicted octanol–water partition coefficient (Wildman–Crippen LogP) is 9.23. The van der Waals surface area contributed by atoms with E-state index in [-0.39, 0.29) is 40.2 Å². The van der Waals surface area contributed by atoms with E-state index < -0.39 is 28.6 Å². The minimum absolute atomic E-state index is 0.109. The summed E-state index contributed by atoms with van der Waals surface area (Å²) in [5.41, 5.74) is -0.757. The fraction of sp³-hybridized carbons (Fsp3) is 0.543. The quantitative estimate of drug-likeness (QED) is 0.0575. The molecule has 3 rings (SSSR count). The summed E-state index contributed by atoms with van der Waals surface area (Å²) in [6.45, 7) is 2.26. The lowest BCUT2D eigenvalue weighted by Crippen LogP contribution is -2.16. The number of carbonyl (C=O) groups excluding carboxylic acids is 1. The highest BCUT2D eigenvalue weighted by Gasteiger charge is 2.23. The van der Waals surface area contributed by atoms with Crippen molar-refractivity contribution in [1.82, 2.24) is 0 Å². The Morgan fingerprint density at radius 3 is 1.74 bits per heavy atom. The van der Waals surface area contributed by atoms with Crippen molar-refractivity contribution in [2.45, 2.75) is 122 Å². The van der Waals surface area contributed by atoms with E-state index in [1.807, 2.05) is 0 Å². The molecular formula is C35H48O8. The van der Waals surface area contributed by atoms with E-state index >= 15 is 0 Å². The van der Waals surface area contributed by atoms with Gasteiger partial charge in [-0.1, -0.05) is 110 Å². The van der Waals surface area contributed by atoms with Gasteiger partial charge in [0.15, 0.2) is 17.3 Å². The van der Waals surface area contributed by atoms with Gasteiger partial charge in [0.25, 0.3) is 0 Å². The second kappa shape index (κ2) is 18.1. The SMILES string of the molecule is CCCCCCCCCCCCCCCCCCCC(=O)Oc1c(-c2ccc(O)c(O)c2)oc2cc(O)cc(O)c2c1=O. The lowest BCUT2D eigenvalue weighted by atomic mass is 10.0. The van der Waals surface area contributed by atoms with E-state index in [0.717, 1.165) is 37.5 Å². The van der Waals surface area contributed by atoms with Crippen LogP contribution in [0.2, 0.25) is 0 Å². The Hall–Kier alpha value is -3.68. The number of unbranched alkanes of at least 4 members (excludes halogenated alkanes) is 16.